The molecule has 1 aromatic rings. The van der Waals surface area contributed by atoms with E-state index in [1.54, 1.807) is 0 Å². The number of aryl methyl sites for hydroxylation is 1. The van der Waals surface area contributed by atoms with Crippen LogP contribution in [0.1, 0.15) is 55.8 Å². The van der Waals surface area contributed by atoms with Crippen LogP contribution in [-0.2, 0) is 0 Å². The molecule has 1 unspecified atom stereocenters. The summed E-state index contributed by atoms with van der Waals surface area (Å²) >= 11 is 0. The Kier molecular flexibility index (Phi) is 3.72. The highest BCUT2D eigenvalue weighted by atomic mass is 16.5. The van der Waals surface area contributed by atoms with Gasteiger partial charge in [-0.2, -0.15) is 0 Å². The molecule has 1 N–H and O–H groups in total. The van der Waals surface area contributed by atoms with Crippen LogP contribution >= 0.6 is 0 Å². The molecule has 1 aliphatic rings. The monoisotopic (exact) mass is 233 g/mol. The molecule has 2 nitrogen and oxygen atoms in total. The second-order valence-corrected chi connectivity index (χ2v) is 5.12. The summed E-state index contributed by atoms with van der Waals surface area (Å²) in [7, 11) is 0. The molecular formula is C15H23NO. The molecule has 2 rings (SSSR count). The fourth-order valence-electron chi connectivity index (χ4n) is 2.65. The normalized spacial score (nSPS) is 19.0. The highest BCUT2D eigenvalue weighted by Gasteiger charge is 2.26. The Balaban J connectivity index is 2.51. The first-order valence-electron chi connectivity index (χ1n) is 6.64. The molecule has 17 heavy (non-hydrogen) atoms. The Labute approximate surface area is 104 Å². The summed E-state index contributed by atoms with van der Waals surface area (Å²) in [6.45, 7) is 10.6. The van der Waals surface area contributed by atoms with Crippen LogP contribution in [0.3, 0.4) is 0 Å². The lowest BCUT2D eigenvalue weighted by molar-refractivity contribution is 0.251. The average molecular weight is 233 g/mol. The number of benzene rings is 1. The fraction of sp³-hybridized carbons (Fsp3) is 0.600. The van der Waals surface area contributed by atoms with Crippen LogP contribution in [0.2, 0.25) is 0 Å². The maximum atomic E-state index is 5.88. The van der Waals surface area contributed by atoms with E-state index in [0.29, 0.717) is 12.0 Å². The third-order valence-corrected chi connectivity index (χ3v) is 3.50. The molecule has 0 aliphatic carbocycles. The van der Waals surface area contributed by atoms with E-state index >= 15 is 0 Å². The number of hydrogen-bond acceptors (Lipinski definition) is 2. The van der Waals surface area contributed by atoms with Gasteiger partial charge < -0.3 is 10.1 Å². The standard InChI is InChI=1S/C15H23NO/c1-5-16-13-8-9-17-15-11(4)6-7-12(10(2)3)14(13)15/h6-7,10,13,16H,5,8-9H2,1-4H3. The fourth-order valence-corrected chi connectivity index (χ4v) is 2.65. The van der Waals surface area contributed by atoms with E-state index in [0.717, 1.165) is 25.3 Å². The molecule has 1 aromatic carbocycles. The first-order chi connectivity index (χ1) is 8.15. The maximum absolute atomic E-state index is 5.88. The zero-order valence-corrected chi connectivity index (χ0v) is 11.3. The zero-order valence-electron chi connectivity index (χ0n) is 11.3. The zero-order chi connectivity index (χ0) is 12.4. The first-order valence-corrected chi connectivity index (χ1v) is 6.64. The Morgan fingerprint density at radius 1 is 1.41 bits per heavy atom. The predicted octanol–water partition coefficient (Wildman–Crippen LogP) is 3.55. The van der Waals surface area contributed by atoms with Crippen molar-refractivity contribution in [3.8, 4) is 5.75 Å². The van der Waals surface area contributed by atoms with Gasteiger partial charge in [0, 0.05) is 18.0 Å². The van der Waals surface area contributed by atoms with Gasteiger partial charge in [-0.15, -0.1) is 0 Å². The van der Waals surface area contributed by atoms with Crippen molar-refractivity contribution in [3.63, 3.8) is 0 Å². The second kappa shape index (κ2) is 5.09. The van der Waals surface area contributed by atoms with Crippen molar-refractivity contribution in [1.29, 1.82) is 0 Å². The van der Waals surface area contributed by atoms with Crippen molar-refractivity contribution in [2.45, 2.75) is 46.1 Å². The highest BCUT2D eigenvalue weighted by Crippen LogP contribution is 2.39. The molecular weight excluding hydrogens is 210 g/mol. The van der Waals surface area contributed by atoms with Gasteiger partial charge in [-0.1, -0.05) is 32.9 Å². The highest BCUT2D eigenvalue weighted by molar-refractivity contribution is 5.50. The summed E-state index contributed by atoms with van der Waals surface area (Å²) in [6.07, 6.45) is 1.07. The molecule has 0 aromatic heterocycles. The van der Waals surface area contributed by atoms with E-state index in [4.69, 9.17) is 4.74 Å². The third-order valence-electron chi connectivity index (χ3n) is 3.50. The second-order valence-electron chi connectivity index (χ2n) is 5.12. The summed E-state index contributed by atoms with van der Waals surface area (Å²) in [5.41, 5.74) is 4.08. The summed E-state index contributed by atoms with van der Waals surface area (Å²) in [5, 5.41) is 3.58. The number of rotatable bonds is 3. The van der Waals surface area contributed by atoms with Gasteiger partial charge in [0.05, 0.1) is 6.61 Å². The summed E-state index contributed by atoms with van der Waals surface area (Å²) in [5.74, 6) is 1.67. The van der Waals surface area contributed by atoms with Gasteiger partial charge in [0.2, 0.25) is 0 Å². The first kappa shape index (κ1) is 12.4. The summed E-state index contributed by atoms with van der Waals surface area (Å²) in [4.78, 5) is 0. The van der Waals surface area contributed by atoms with Gasteiger partial charge in [0.1, 0.15) is 5.75 Å². The van der Waals surface area contributed by atoms with Gasteiger partial charge in [0.25, 0.3) is 0 Å². The van der Waals surface area contributed by atoms with Crippen molar-refractivity contribution in [1.82, 2.24) is 5.32 Å². The van der Waals surface area contributed by atoms with Crippen molar-refractivity contribution in [2.24, 2.45) is 0 Å². The van der Waals surface area contributed by atoms with E-state index in [1.807, 2.05) is 0 Å². The Hall–Kier alpha value is -1.02. The lowest BCUT2D eigenvalue weighted by atomic mass is 9.88. The van der Waals surface area contributed by atoms with Crippen molar-refractivity contribution < 1.29 is 4.74 Å². The quantitative estimate of drug-likeness (QED) is 0.862. The van der Waals surface area contributed by atoms with Crippen LogP contribution in [-0.4, -0.2) is 13.2 Å². The lowest BCUT2D eigenvalue weighted by Gasteiger charge is -2.31. The number of hydrogen-bond donors (Lipinski definition) is 1. The van der Waals surface area contributed by atoms with Gasteiger partial charge in [-0.05, 0) is 30.5 Å². The predicted molar refractivity (Wildman–Crippen MR) is 71.8 cm³/mol. The molecule has 0 fully saturated rings. The van der Waals surface area contributed by atoms with Crippen LogP contribution < -0.4 is 10.1 Å². The van der Waals surface area contributed by atoms with Crippen molar-refractivity contribution in [3.05, 3.63) is 28.8 Å². The average Bonchev–Trinajstić information content (AvgIpc) is 2.30. The van der Waals surface area contributed by atoms with Gasteiger partial charge >= 0.3 is 0 Å². The lowest BCUT2D eigenvalue weighted by Crippen LogP contribution is -2.28. The van der Waals surface area contributed by atoms with E-state index in [1.165, 1.54) is 16.7 Å². The van der Waals surface area contributed by atoms with E-state index in [-0.39, 0.29) is 0 Å². The molecule has 1 aliphatic heterocycles. The van der Waals surface area contributed by atoms with E-state index in [2.05, 4.69) is 45.1 Å². The smallest absolute Gasteiger partial charge is 0.127 e. The van der Waals surface area contributed by atoms with Crippen LogP contribution in [0, 0.1) is 6.92 Å². The summed E-state index contributed by atoms with van der Waals surface area (Å²) in [6, 6.07) is 4.90. The van der Waals surface area contributed by atoms with E-state index in [9.17, 15) is 0 Å². The molecule has 0 radical (unpaired) electrons. The van der Waals surface area contributed by atoms with Crippen molar-refractivity contribution >= 4 is 0 Å². The maximum Gasteiger partial charge on any atom is 0.127 e. The van der Waals surface area contributed by atoms with E-state index < -0.39 is 0 Å². The molecule has 0 saturated carbocycles. The van der Waals surface area contributed by atoms with Crippen LogP contribution in [0.5, 0.6) is 5.75 Å². The molecule has 0 bridgehead atoms. The third kappa shape index (κ3) is 2.32. The molecule has 0 amide bonds. The Morgan fingerprint density at radius 3 is 2.82 bits per heavy atom. The Morgan fingerprint density at radius 2 is 2.18 bits per heavy atom. The molecule has 1 atom stereocenters. The minimum absolute atomic E-state index is 0.459. The largest absolute Gasteiger partial charge is 0.493 e. The minimum atomic E-state index is 0.459. The van der Waals surface area contributed by atoms with Crippen LogP contribution in [0.4, 0.5) is 0 Å². The molecule has 94 valence electrons. The van der Waals surface area contributed by atoms with Gasteiger partial charge in [-0.25, -0.2) is 0 Å². The summed E-state index contributed by atoms with van der Waals surface area (Å²) < 4.78 is 5.88. The number of ether oxygens (including phenoxy) is 1. The number of nitrogens with one attached hydrogen (secondary N) is 1. The molecule has 0 spiro atoms. The van der Waals surface area contributed by atoms with Crippen LogP contribution in [0.25, 0.3) is 0 Å². The number of fused-ring (bicyclic) bond motifs is 1. The van der Waals surface area contributed by atoms with Gasteiger partial charge in [-0.3, -0.25) is 0 Å². The van der Waals surface area contributed by atoms with Crippen molar-refractivity contribution in [2.75, 3.05) is 13.2 Å². The molecule has 2 heteroatoms. The molecule has 1 heterocycles. The minimum Gasteiger partial charge on any atom is -0.493 e. The SMILES string of the molecule is CCNC1CCOc2c(C)ccc(C(C)C)c21. The Bertz CT molecular complexity index is 398. The topological polar surface area (TPSA) is 21.3 Å². The molecule has 0 saturated heterocycles. The van der Waals surface area contributed by atoms with Gasteiger partial charge in [0.15, 0.2) is 0 Å². The van der Waals surface area contributed by atoms with Crippen LogP contribution in [0.15, 0.2) is 12.1 Å².